The maximum atomic E-state index is 3.62. The van der Waals surface area contributed by atoms with Crippen LogP contribution in [0.15, 0.2) is 22.7 Å². The molecule has 26 heavy (non-hydrogen) atoms. The number of hydrogen-bond acceptors (Lipinski definition) is 5. The molecular formula is C20H34BrNS4. The van der Waals surface area contributed by atoms with Crippen molar-refractivity contribution in [2.75, 3.05) is 59.1 Å². The first kappa shape index (κ1) is 25.1. The molecule has 0 saturated carbocycles. The van der Waals surface area contributed by atoms with Gasteiger partial charge in [0.05, 0.1) is 0 Å². The molecule has 0 heterocycles. The molecule has 0 radical (unpaired) electrons. The predicted molar refractivity (Wildman–Crippen MR) is 135 cm³/mol. The number of nitrogens with zero attached hydrogens (tertiary/aromatic N) is 1. The quantitative estimate of drug-likeness (QED) is 0.239. The van der Waals surface area contributed by atoms with E-state index in [9.17, 15) is 0 Å². The second-order valence-electron chi connectivity index (χ2n) is 5.98. The minimum absolute atomic E-state index is 1.07. The lowest BCUT2D eigenvalue weighted by molar-refractivity contribution is 0.301. The van der Waals surface area contributed by atoms with E-state index in [0.29, 0.717) is 0 Å². The Morgan fingerprint density at radius 3 is 1.85 bits per heavy atom. The normalized spacial score (nSPS) is 11.4. The van der Waals surface area contributed by atoms with Crippen LogP contribution in [0, 0.1) is 6.92 Å². The van der Waals surface area contributed by atoms with Crippen molar-refractivity contribution < 1.29 is 0 Å². The smallest absolute Gasteiger partial charge is 0.0234 e. The first-order chi connectivity index (χ1) is 12.7. The van der Waals surface area contributed by atoms with Gasteiger partial charge in [0.2, 0.25) is 0 Å². The number of rotatable bonds is 16. The first-order valence-electron chi connectivity index (χ1n) is 9.45. The van der Waals surface area contributed by atoms with Crippen LogP contribution in [0.2, 0.25) is 0 Å². The van der Waals surface area contributed by atoms with Gasteiger partial charge in [-0.05, 0) is 35.6 Å². The summed E-state index contributed by atoms with van der Waals surface area (Å²) >= 11 is 11.9. The molecule has 1 aromatic rings. The van der Waals surface area contributed by atoms with Crippen LogP contribution in [0.3, 0.4) is 0 Å². The molecule has 150 valence electrons. The van der Waals surface area contributed by atoms with Crippen molar-refractivity contribution in [3.05, 3.63) is 33.8 Å². The summed E-state index contributed by atoms with van der Waals surface area (Å²) in [4.78, 5) is 2.64. The van der Waals surface area contributed by atoms with Gasteiger partial charge in [-0.25, -0.2) is 0 Å². The van der Waals surface area contributed by atoms with Crippen LogP contribution in [-0.4, -0.2) is 64.0 Å². The largest absolute Gasteiger partial charge is 0.297 e. The predicted octanol–water partition coefficient (Wildman–Crippen LogP) is 6.53. The van der Waals surface area contributed by atoms with Gasteiger partial charge in [-0.1, -0.05) is 41.9 Å². The Kier molecular flexibility index (Phi) is 16.4. The highest BCUT2D eigenvalue weighted by Gasteiger charge is 2.07. The molecule has 1 rings (SSSR count). The number of benzene rings is 1. The van der Waals surface area contributed by atoms with E-state index in [1.54, 1.807) is 0 Å². The Labute approximate surface area is 187 Å². The van der Waals surface area contributed by atoms with E-state index in [1.165, 1.54) is 74.7 Å². The number of hydrogen-bond donors (Lipinski definition) is 0. The second-order valence-corrected chi connectivity index (χ2v) is 12.1. The molecule has 1 nitrogen and oxygen atoms in total. The summed E-state index contributed by atoms with van der Waals surface area (Å²) in [6.07, 6.45) is 0. The molecule has 0 fully saturated rings. The van der Waals surface area contributed by atoms with Gasteiger partial charge in [0.25, 0.3) is 0 Å². The summed E-state index contributed by atoms with van der Waals surface area (Å²) in [5.74, 6) is 10.1. The van der Waals surface area contributed by atoms with E-state index in [4.69, 9.17) is 0 Å². The molecule has 0 spiro atoms. The topological polar surface area (TPSA) is 3.24 Å². The minimum atomic E-state index is 1.07. The zero-order valence-electron chi connectivity index (χ0n) is 16.5. The van der Waals surface area contributed by atoms with Gasteiger partial charge in [-0.15, -0.1) is 0 Å². The van der Waals surface area contributed by atoms with Crippen molar-refractivity contribution in [2.24, 2.45) is 0 Å². The van der Waals surface area contributed by atoms with Crippen LogP contribution in [0.5, 0.6) is 0 Å². The molecule has 0 atom stereocenters. The Balaban J connectivity index is 2.39. The molecule has 0 saturated heterocycles. The van der Waals surface area contributed by atoms with Crippen molar-refractivity contribution in [3.63, 3.8) is 0 Å². The lowest BCUT2D eigenvalue weighted by Crippen LogP contribution is -2.28. The fraction of sp³-hybridized carbons (Fsp3) is 0.700. The van der Waals surface area contributed by atoms with E-state index in [2.05, 4.69) is 107 Å². The van der Waals surface area contributed by atoms with Crippen molar-refractivity contribution >= 4 is 63.0 Å². The summed E-state index contributed by atoms with van der Waals surface area (Å²) in [6.45, 7) is 10.1. The van der Waals surface area contributed by atoms with Gasteiger partial charge in [0.1, 0.15) is 0 Å². The van der Waals surface area contributed by atoms with Crippen LogP contribution in [0.4, 0.5) is 0 Å². The van der Waals surface area contributed by atoms with Gasteiger partial charge in [0, 0.05) is 58.6 Å². The highest BCUT2D eigenvalue weighted by Crippen LogP contribution is 2.19. The van der Waals surface area contributed by atoms with Crippen LogP contribution in [0.1, 0.15) is 25.0 Å². The molecule has 0 aliphatic heterocycles. The Morgan fingerprint density at radius 2 is 1.35 bits per heavy atom. The van der Waals surface area contributed by atoms with Gasteiger partial charge in [-0.2, -0.15) is 47.0 Å². The molecule has 0 N–H and O–H groups in total. The standard InChI is InChI=1S/C20H34BrNS4/c1-4-23-12-14-25-10-8-22(9-11-26-15-13-24-5-2)17-19-6-7-20(21)18(3)16-19/h6-7,16H,4-5,8-15,17H2,1-3H3. The van der Waals surface area contributed by atoms with E-state index >= 15 is 0 Å². The molecule has 0 aliphatic rings. The highest BCUT2D eigenvalue weighted by atomic mass is 79.9. The van der Waals surface area contributed by atoms with Crippen molar-refractivity contribution in [3.8, 4) is 0 Å². The third-order valence-corrected chi connectivity index (χ3v) is 9.02. The van der Waals surface area contributed by atoms with Gasteiger partial charge < -0.3 is 0 Å². The average Bonchev–Trinajstić information content (AvgIpc) is 2.63. The summed E-state index contributed by atoms with van der Waals surface area (Å²) < 4.78 is 1.21. The second kappa shape index (κ2) is 17.0. The van der Waals surface area contributed by atoms with Crippen LogP contribution in [0.25, 0.3) is 0 Å². The van der Waals surface area contributed by atoms with E-state index in [-0.39, 0.29) is 0 Å². The van der Waals surface area contributed by atoms with Crippen molar-refractivity contribution in [2.45, 2.75) is 27.3 Å². The number of thioether (sulfide) groups is 4. The molecule has 0 aromatic heterocycles. The van der Waals surface area contributed by atoms with Gasteiger partial charge in [0.15, 0.2) is 0 Å². The van der Waals surface area contributed by atoms with Crippen LogP contribution >= 0.6 is 63.0 Å². The minimum Gasteiger partial charge on any atom is -0.297 e. The number of halogens is 1. The summed E-state index contributed by atoms with van der Waals surface area (Å²) in [6, 6.07) is 6.78. The Bertz CT molecular complexity index is 457. The summed E-state index contributed by atoms with van der Waals surface area (Å²) in [5, 5.41) is 0. The zero-order chi connectivity index (χ0) is 19.0. The Hall–Kier alpha value is 1.06. The first-order valence-corrected chi connectivity index (χ1v) is 14.9. The fourth-order valence-corrected chi connectivity index (χ4v) is 6.34. The van der Waals surface area contributed by atoms with Gasteiger partial charge >= 0.3 is 0 Å². The SMILES string of the molecule is CCSCCSCCN(CCSCCSCC)Cc1ccc(Br)c(C)c1. The van der Waals surface area contributed by atoms with Crippen molar-refractivity contribution in [1.82, 2.24) is 4.90 Å². The van der Waals surface area contributed by atoms with Crippen LogP contribution in [-0.2, 0) is 6.54 Å². The van der Waals surface area contributed by atoms with E-state index < -0.39 is 0 Å². The molecule has 0 unspecified atom stereocenters. The summed E-state index contributed by atoms with van der Waals surface area (Å²) in [5.41, 5.74) is 2.77. The van der Waals surface area contributed by atoms with E-state index in [0.717, 1.165) is 6.54 Å². The van der Waals surface area contributed by atoms with Crippen LogP contribution < -0.4 is 0 Å². The highest BCUT2D eigenvalue weighted by molar-refractivity contribution is 9.10. The lowest BCUT2D eigenvalue weighted by Gasteiger charge is -2.22. The van der Waals surface area contributed by atoms with Crippen molar-refractivity contribution in [1.29, 1.82) is 0 Å². The molecular weight excluding hydrogens is 462 g/mol. The fourth-order valence-electron chi connectivity index (χ4n) is 2.45. The maximum absolute atomic E-state index is 3.62. The molecule has 0 amide bonds. The summed E-state index contributed by atoms with van der Waals surface area (Å²) in [7, 11) is 0. The molecule has 6 heteroatoms. The lowest BCUT2D eigenvalue weighted by atomic mass is 10.1. The van der Waals surface area contributed by atoms with E-state index in [1.807, 2.05) is 0 Å². The zero-order valence-corrected chi connectivity index (χ0v) is 21.3. The maximum Gasteiger partial charge on any atom is 0.0234 e. The molecule has 0 bridgehead atoms. The van der Waals surface area contributed by atoms with Gasteiger partial charge in [-0.3, -0.25) is 4.90 Å². The third kappa shape index (κ3) is 12.5. The average molecular weight is 497 g/mol. The monoisotopic (exact) mass is 495 g/mol. The molecule has 0 aliphatic carbocycles. The number of aryl methyl sites for hydroxylation is 1. The Morgan fingerprint density at radius 1 is 0.808 bits per heavy atom. The molecule has 1 aromatic carbocycles. The third-order valence-electron chi connectivity index (χ3n) is 3.88.